The summed E-state index contributed by atoms with van der Waals surface area (Å²) < 4.78 is 21.1. The van der Waals surface area contributed by atoms with Gasteiger partial charge in [0, 0.05) is 19.1 Å². The molecule has 29 heavy (non-hydrogen) atoms. The number of amides is 1. The Morgan fingerprint density at radius 3 is 2.24 bits per heavy atom. The Bertz CT molecular complexity index is 668. The molecule has 10 heteroatoms. The van der Waals surface area contributed by atoms with E-state index < -0.39 is 0 Å². The molecule has 1 amide bonds. The van der Waals surface area contributed by atoms with E-state index >= 15 is 0 Å². The van der Waals surface area contributed by atoms with Crippen molar-refractivity contribution in [3.8, 4) is 17.2 Å². The van der Waals surface area contributed by atoms with Gasteiger partial charge >= 0.3 is 6.09 Å². The number of carbonyl (C=O) groups excluding carboxylic acids is 1. The zero-order valence-corrected chi connectivity index (χ0v) is 19.7. The smallest absolute Gasteiger partial charge is 0.409 e. The maximum Gasteiger partial charge on any atom is 0.409 e. The largest absolute Gasteiger partial charge is 0.493 e. The number of piperidine rings is 1. The average Bonchev–Trinajstić information content (AvgIpc) is 2.72. The Morgan fingerprint density at radius 2 is 1.76 bits per heavy atom. The molecule has 0 radical (unpaired) electrons. The number of guanidine groups is 1. The maximum atomic E-state index is 11.7. The first-order valence-electron chi connectivity index (χ1n) is 9.29. The first-order chi connectivity index (χ1) is 13.5. The molecule has 0 saturated carbocycles. The number of nitrogens with one attached hydrogen (secondary N) is 1. The highest BCUT2D eigenvalue weighted by Crippen LogP contribution is 2.38. The zero-order chi connectivity index (χ0) is 20.5. The molecule has 9 nitrogen and oxygen atoms in total. The fourth-order valence-electron chi connectivity index (χ4n) is 3.08. The summed E-state index contributed by atoms with van der Waals surface area (Å²) in [4.78, 5) is 17.9. The highest BCUT2D eigenvalue weighted by Gasteiger charge is 2.23. The molecule has 1 saturated heterocycles. The van der Waals surface area contributed by atoms with E-state index in [9.17, 15) is 4.79 Å². The molecule has 164 valence electrons. The van der Waals surface area contributed by atoms with Gasteiger partial charge in [0.25, 0.3) is 0 Å². The van der Waals surface area contributed by atoms with Crippen LogP contribution < -0.4 is 25.3 Å². The lowest BCUT2D eigenvalue weighted by molar-refractivity contribution is 0.0963. The number of halogens is 1. The molecule has 3 N–H and O–H groups in total. The van der Waals surface area contributed by atoms with Gasteiger partial charge in [0.15, 0.2) is 17.5 Å². The van der Waals surface area contributed by atoms with Crippen molar-refractivity contribution in [1.29, 1.82) is 0 Å². The number of hydrogen-bond acceptors (Lipinski definition) is 6. The summed E-state index contributed by atoms with van der Waals surface area (Å²) in [5, 5.41) is 3.22. The van der Waals surface area contributed by atoms with E-state index in [4.69, 9.17) is 24.7 Å². The van der Waals surface area contributed by atoms with E-state index in [-0.39, 0.29) is 36.1 Å². The first-order valence-corrected chi connectivity index (χ1v) is 9.29. The van der Waals surface area contributed by atoms with Gasteiger partial charge in [-0.25, -0.2) is 9.79 Å². The van der Waals surface area contributed by atoms with Crippen molar-refractivity contribution in [2.45, 2.75) is 32.4 Å². The molecule has 0 aromatic heterocycles. The van der Waals surface area contributed by atoms with Crippen LogP contribution in [-0.4, -0.2) is 64.0 Å². The number of rotatable bonds is 7. The molecule has 1 aromatic rings. The van der Waals surface area contributed by atoms with Gasteiger partial charge < -0.3 is 34.9 Å². The van der Waals surface area contributed by atoms with Crippen molar-refractivity contribution >= 4 is 36.0 Å². The van der Waals surface area contributed by atoms with Gasteiger partial charge in [0.2, 0.25) is 5.75 Å². The molecule has 1 heterocycles. The summed E-state index contributed by atoms with van der Waals surface area (Å²) in [5.74, 6) is 2.05. The van der Waals surface area contributed by atoms with Crippen molar-refractivity contribution in [1.82, 2.24) is 10.2 Å². The van der Waals surface area contributed by atoms with E-state index in [0.29, 0.717) is 49.4 Å². The molecule has 2 rings (SSSR count). The number of carbonyl (C=O) groups is 1. The minimum absolute atomic E-state index is 0. The highest BCUT2D eigenvalue weighted by atomic mass is 127. The van der Waals surface area contributed by atoms with E-state index in [1.807, 2.05) is 12.1 Å². The van der Waals surface area contributed by atoms with Crippen LogP contribution in [0.15, 0.2) is 17.1 Å². The van der Waals surface area contributed by atoms with E-state index in [0.717, 1.165) is 18.4 Å². The standard InChI is InChI=1S/C19H30N4O5.HI/c1-5-28-19(24)23-8-6-14(7-9-23)22-18(20)21-12-13-10-15(25-2)17(27-4)16(11-13)26-3;/h10-11,14H,5-9,12H2,1-4H3,(H3,20,21,22);1H. The molecular formula is C19H31IN4O5. The number of ether oxygens (including phenoxy) is 4. The Balaban J connectivity index is 0.00000420. The number of nitrogens with zero attached hydrogens (tertiary/aromatic N) is 2. The summed E-state index contributed by atoms with van der Waals surface area (Å²) >= 11 is 0. The fraction of sp³-hybridized carbons (Fsp3) is 0.579. The number of hydrogen-bond donors (Lipinski definition) is 2. The van der Waals surface area contributed by atoms with Crippen LogP contribution in [0.25, 0.3) is 0 Å². The molecule has 1 aliphatic rings. The summed E-state index contributed by atoms with van der Waals surface area (Å²) in [6, 6.07) is 3.86. The molecule has 0 bridgehead atoms. The van der Waals surface area contributed by atoms with Gasteiger partial charge in [-0.3, -0.25) is 0 Å². The normalized spacial score (nSPS) is 14.6. The summed E-state index contributed by atoms with van der Waals surface area (Å²) in [6.07, 6.45) is 1.32. The molecule has 1 aliphatic heterocycles. The molecule has 0 spiro atoms. The van der Waals surface area contributed by atoms with Crippen LogP contribution in [0.1, 0.15) is 25.3 Å². The highest BCUT2D eigenvalue weighted by molar-refractivity contribution is 14.0. The Morgan fingerprint density at radius 1 is 1.17 bits per heavy atom. The maximum absolute atomic E-state index is 11.7. The number of benzene rings is 1. The summed E-state index contributed by atoms with van der Waals surface area (Å²) in [5.41, 5.74) is 6.92. The number of nitrogens with two attached hydrogens (primary N) is 1. The van der Waals surface area contributed by atoms with Crippen LogP contribution >= 0.6 is 24.0 Å². The van der Waals surface area contributed by atoms with Crippen LogP contribution in [-0.2, 0) is 11.3 Å². The van der Waals surface area contributed by atoms with Crippen molar-refractivity contribution in [2.24, 2.45) is 10.7 Å². The SMILES string of the molecule is CCOC(=O)N1CCC(NC(N)=NCc2cc(OC)c(OC)c(OC)c2)CC1.I. The van der Waals surface area contributed by atoms with Crippen LogP contribution in [0.2, 0.25) is 0 Å². The quantitative estimate of drug-likeness (QED) is 0.322. The van der Waals surface area contributed by atoms with Gasteiger partial charge in [0.05, 0.1) is 34.5 Å². The number of aliphatic imine (C=N–C) groups is 1. The van der Waals surface area contributed by atoms with Crippen LogP contribution in [0.3, 0.4) is 0 Å². The lowest BCUT2D eigenvalue weighted by Gasteiger charge is -2.31. The monoisotopic (exact) mass is 522 g/mol. The average molecular weight is 522 g/mol. The van der Waals surface area contributed by atoms with Gasteiger partial charge in [-0.2, -0.15) is 0 Å². The topological polar surface area (TPSA) is 108 Å². The van der Waals surface area contributed by atoms with E-state index in [1.165, 1.54) is 0 Å². The van der Waals surface area contributed by atoms with Crippen LogP contribution in [0.5, 0.6) is 17.2 Å². The van der Waals surface area contributed by atoms with Gasteiger partial charge in [-0.05, 0) is 37.5 Å². The molecule has 0 aliphatic carbocycles. The second kappa shape index (κ2) is 12.5. The zero-order valence-electron chi connectivity index (χ0n) is 17.4. The molecular weight excluding hydrogens is 491 g/mol. The summed E-state index contributed by atoms with van der Waals surface area (Å²) in [6.45, 7) is 3.83. The summed E-state index contributed by atoms with van der Waals surface area (Å²) in [7, 11) is 4.71. The predicted octanol–water partition coefficient (Wildman–Crippen LogP) is 2.36. The van der Waals surface area contributed by atoms with Crippen molar-refractivity contribution < 1.29 is 23.7 Å². The lowest BCUT2D eigenvalue weighted by atomic mass is 10.1. The van der Waals surface area contributed by atoms with Gasteiger partial charge in [-0.1, -0.05) is 0 Å². The Kier molecular flexibility index (Phi) is 10.7. The van der Waals surface area contributed by atoms with E-state index in [2.05, 4.69) is 10.3 Å². The van der Waals surface area contributed by atoms with Crippen molar-refractivity contribution in [2.75, 3.05) is 41.0 Å². The predicted molar refractivity (Wildman–Crippen MR) is 122 cm³/mol. The molecule has 1 fully saturated rings. The first kappa shape index (κ1) is 24.9. The number of methoxy groups -OCH3 is 3. The third-order valence-electron chi connectivity index (χ3n) is 4.53. The minimum atomic E-state index is -0.259. The molecule has 0 atom stereocenters. The number of likely N-dealkylation sites (tertiary alicyclic amines) is 1. The third kappa shape index (κ3) is 7.02. The Labute approximate surface area is 188 Å². The second-order valence-corrected chi connectivity index (χ2v) is 6.34. The second-order valence-electron chi connectivity index (χ2n) is 6.34. The van der Waals surface area contributed by atoms with Gasteiger partial charge in [-0.15, -0.1) is 24.0 Å². The fourth-order valence-corrected chi connectivity index (χ4v) is 3.08. The molecule has 1 aromatic carbocycles. The Hall–Kier alpha value is -2.11. The van der Waals surface area contributed by atoms with Crippen molar-refractivity contribution in [3.05, 3.63) is 17.7 Å². The lowest BCUT2D eigenvalue weighted by Crippen LogP contribution is -2.48. The van der Waals surface area contributed by atoms with Crippen LogP contribution in [0, 0.1) is 0 Å². The van der Waals surface area contributed by atoms with Crippen molar-refractivity contribution in [3.63, 3.8) is 0 Å². The van der Waals surface area contributed by atoms with E-state index in [1.54, 1.807) is 33.2 Å². The van der Waals surface area contributed by atoms with Gasteiger partial charge in [0.1, 0.15) is 0 Å². The third-order valence-corrected chi connectivity index (χ3v) is 4.53. The van der Waals surface area contributed by atoms with Crippen LogP contribution in [0.4, 0.5) is 4.79 Å². The molecule has 0 unspecified atom stereocenters. The minimum Gasteiger partial charge on any atom is -0.493 e.